The molecule has 0 fully saturated rings. The maximum Gasteiger partial charge on any atom is 0.305 e. The summed E-state index contributed by atoms with van der Waals surface area (Å²) in [6, 6.07) is 0. The maximum atomic E-state index is 12.1. The lowest BCUT2D eigenvalue weighted by Gasteiger charge is -2.16. The van der Waals surface area contributed by atoms with Gasteiger partial charge in [-0.05, 0) is 0 Å². The molecule has 0 aromatic rings. The molecule has 0 aromatic heterocycles. The number of aliphatic carboxylic acids is 3. The van der Waals surface area contributed by atoms with Gasteiger partial charge in [0.2, 0.25) is 17.7 Å². The summed E-state index contributed by atoms with van der Waals surface area (Å²) in [4.78, 5) is 67.1. The zero-order chi connectivity index (χ0) is 20.8. The molecule has 0 radical (unpaired) electrons. The molecule has 0 aliphatic carbocycles. The molecule has 0 heterocycles. The maximum absolute atomic E-state index is 12.1. The van der Waals surface area contributed by atoms with Crippen LogP contribution in [0.15, 0.2) is 0 Å². The first-order valence-electron chi connectivity index (χ1n) is 8.08. The van der Waals surface area contributed by atoms with Crippen molar-refractivity contribution in [1.29, 1.82) is 0 Å². The van der Waals surface area contributed by atoms with E-state index in [2.05, 4.69) is 16.0 Å². The normalized spacial score (nSPS) is 10.1. The first kappa shape index (κ1) is 23.8. The molecule has 0 aliphatic rings. The summed E-state index contributed by atoms with van der Waals surface area (Å²) in [7, 11) is 0. The molecule has 0 atom stereocenters. The van der Waals surface area contributed by atoms with E-state index in [9.17, 15) is 28.8 Å². The number of carbonyl (C=O) groups is 6. The Morgan fingerprint density at radius 1 is 0.593 bits per heavy atom. The lowest BCUT2D eigenvalue weighted by molar-refractivity contribution is -0.139. The topological polar surface area (TPSA) is 199 Å². The second-order valence-corrected chi connectivity index (χ2v) is 5.53. The van der Waals surface area contributed by atoms with Crippen molar-refractivity contribution < 1.29 is 44.1 Å². The van der Waals surface area contributed by atoms with Gasteiger partial charge in [-0.25, -0.2) is 0 Å². The third-order valence-electron chi connectivity index (χ3n) is 3.19. The Balaban J connectivity index is 4.67. The van der Waals surface area contributed by atoms with Crippen molar-refractivity contribution in [3.8, 4) is 0 Å². The number of rotatable bonds is 14. The standard InChI is InChI=1S/C15H23N3O9/c19-10(16-4-1-12(21)22)7-9(15(27)18-6-3-14(25)26)8-11(20)17-5-2-13(23)24/h9H,1-8H2,(H,16,19)(H,17,20)(H,18,27)(H,21,22)(H,23,24)(H,25,26). The fourth-order valence-corrected chi connectivity index (χ4v) is 1.90. The highest BCUT2D eigenvalue weighted by Gasteiger charge is 2.25. The van der Waals surface area contributed by atoms with Gasteiger partial charge in [-0.3, -0.25) is 28.8 Å². The van der Waals surface area contributed by atoms with Crippen molar-refractivity contribution in [2.24, 2.45) is 5.92 Å². The van der Waals surface area contributed by atoms with Crippen LogP contribution in [0.2, 0.25) is 0 Å². The van der Waals surface area contributed by atoms with E-state index >= 15 is 0 Å². The molecule has 152 valence electrons. The van der Waals surface area contributed by atoms with E-state index in [0.717, 1.165) is 0 Å². The smallest absolute Gasteiger partial charge is 0.305 e. The molecule has 12 heteroatoms. The van der Waals surface area contributed by atoms with Gasteiger partial charge in [0.1, 0.15) is 0 Å². The SMILES string of the molecule is O=C(O)CCNC(=O)CC(CC(=O)NCCC(=O)O)C(=O)NCCC(=O)O. The first-order valence-corrected chi connectivity index (χ1v) is 8.08. The number of nitrogens with one attached hydrogen (secondary N) is 3. The molecule has 6 N–H and O–H groups in total. The van der Waals surface area contributed by atoms with Crippen molar-refractivity contribution in [3.05, 3.63) is 0 Å². The Morgan fingerprint density at radius 3 is 1.26 bits per heavy atom. The quantitative estimate of drug-likeness (QED) is 0.197. The molecular formula is C15H23N3O9. The van der Waals surface area contributed by atoms with E-state index in [0.29, 0.717) is 0 Å². The second kappa shape index (κ2) is 13.1. The van der Waals surface area contributed by atoms with E-state index in [-0.39, 0.29) is 38.9 Å². The Morgan fingerprint density at radius 2 is 0.926 bits per heavy atom. The van der Waals surface area contributed by atoms with Crippen molar-refractivity contribution >= 4 is 35.6 Å². The minimum Gasteiger partial charge on any atom is -0.481 e. The zero-order valence-corrected chi connectivity index (χ0v) is 14.5. The van der Waals surface area contributed by atoms with Gasteiger partial charge < -0.3 is 31.3 Å². The molecule has 0 saturated heterocycles. The van der Waals surface area contributed by atoms with Crippen LogP contribution in [0.25, 0.3) is 0 Å². The summed E-state index contributed by atoms with van der Waals surface area (Å²) in [6.45, 7) is -0.482. The fraction of sp³-hybridized carbons (Fsp3) is 0.600. The number of carboxylic acids is 3. The molecule has 27 heavy (non-hydrogen) atoms. The molecule has 0 aliphatic heterocycles. The van der Waals surface area contributed by atoms with Gasteiger partial charge in [-0.2, -0.15) is 0 Å². The molecule has 0 aromatic carbocycles. The average Bonchev–Trinajstić information content (AvgIpc) is 2.52. The van der Waals surface area contributed by atoms with E-state index in [1.54, 1.807) is 0 Å². The van der Waals surface area contributed by atoms with Crippen molar-refractivity contribution in [2.45, 2.75) is 32.1 Å². The van der Waals surface area contributed by atoms with Gasteiger partial charge >= 0.3 is 17.9 Å². The third-order valence-corrected chi connectivity index (χ3v) is 3.19. The first-order chi connectivity index (χ1) is 12.6. The number of carboxylic acid groups (broad SMARTS) is 3. The average molecular weight is 389 g/mol. The predicted molar refractivity (Wildman–Crippen MR) is 88.5 cm³/mol. The van der Waals surface area contributed by atoms with Gasteiger partial charge in [-0.1, -0.05) is 0 Å². The minimum atomic E-state index is -1.13. The van der Waals surface area contributed by atoms with Gasteiger partial charge in [0.05, 0.1) is 25.2 Å². The Bertz CT molecular complexity index is 543. The molecule has 0 saturated carbocycles. The van der Waals surface area contributed by atoms with Crippen molar-refractivity contribution in [3.63, 3.8) is 0 Å². The molecule has 0 unspecified atom stereocenters. The molecule has 12 nitrogen and oxygen atoms in total. The number of amides is 3. The summed E-state index contributed by atoms with van der Waals surface area (Å²) in [5.74, 6) is -6.48. The monoisotopic (exact) mass is 389 g/mol. The van der Waals surface area contributed by atoms with Crippen LogP contribution >= 0.6 is 0 Å². The van der Waals surface area contributed by atoms with Gasteiger partial charge in [0.15, 0.2) is 0 Å². The highest BCUT2D eigenvalue weighted by Crippen LogP contribution is 2.09. The summed E-state index contributed by atoms with van der Waals surface area (Å²) >= 11 is 0. The van der Waals surface area contributed by atoms with E-state index in [1.165, 1.54) is 0 Å². The highest BCUT2D eigenvalue weighted by atomic mass is 16.4. The lowest BCUT2D eigenvalue weighted by Crippen LogP contribution is -2.39. The fourth-order valence-electron chi connectivity index (χ4n) is 1.90. The van der Waals surface area contributed by atoms with Crippen LogP contribution in [0, 0.1) is 5.92 Å². The summed E-state index contributed by atoms with van der Waals surface area (Å²) in [6.07, 6.45) is -1.78. The lowest BCUT2D eigenvalue weighted by atomic mass is 9.99. The third kappa shape index (κ3) is 13.8. The van der Waals surface area contributed by atoms with E-state index in [1.807, 2.05) is 0 Å². The van der Waals surface area contributed by atoms with Crippen LogP contribution in [0.4, 0.5) is 0 Å². The summed E-state index contributed by atoms with van der Waals surface area (Å²) in [5.41, 5.74) is 0. The van der Waals surface area contributed by atoms with Crippen LogP contribution < -0.4 is 16.0 Å². The van der Waals surface area contributed by atoms with Crippen LogP contribution in [0.5, 0.6) is 0 Å². The van der Waals surface area contributed by atoms with E-state index < -0.39 is 54.4 Å². The minimum absolute atomic E-state index is 0.147. The summed E-state index contributed by atoms with van der Waals surface area (Å²) in [5, 5.41) is 32.5. The predicted octanol–water partition coefficient (Wildman–Crippen LogP) is -1.84. The second-order valence-electron chi connectivity index (χ2n) is 5.53. The van der Waals surface area contributed by atoms with E-state index in [4.69, 9.17) is 15.3 Å². The van der Waals surface area contributed by atoms with Crippen LogP contribution in [0.3, 0.4) is 0 Å². The van der Waals surface area contributed by atoms with Gasteiger partial charge in [0.25, 0.3) is 0 Å². The summed E-state index contributed by atoms with van der Waals surface area (Å²) < 4.78 is 0. The van der Waals surface area contributed by atoms with Crippen LogP contribution in [0.1, 0.15) is 32.1 Å². The Kier molecular flexibility index (Phi) is 11.5. The zero-order valence-electron chi connectivity index (χ0n) is 14.5. The molecular weight excluding hydrogens is 366 g/mol. The van der Waals surface area contributed by atoms with Crippen LogP contribution in [-0.2, 0) is 28.8 Å². The van der Waals surface area contributed by atoms with Crippen LogP contribution in [-0.4, -0.2) is 70.6 Å². The van der Waals surface area contributed by atoms with Crippen molar-refractivity contribution in [2.75, 3.05) is 19.6 Å². The Labute approximate surface area is 154 Å². The van der Waals surface area contributed by atoms with Gasteiger partial charge in [-0.15, -0.1) is 0 Å². The van der Waals surface area contributed by atoms with Crippen molar-refractivity contribution in [1.82, 2.24) is 16.0 Å². The van der Waals surface area contributed by atoms with Gasteiger partial charge in [0, 0.05) is 32.5 Å². The molecule has 0 bridgehead atoms. The molecule has 3 amide bonds. The Hall–Kier alpha value is -3.18. The largest absolute Gasteiger partial charge is 0.481 e. The molecule has 0 spiro atoms. The number of hydrogen-bond donors (Lipinski definition) is 6. The molecule has 0 rings (SSSR count). The highest BCUT2D eigenvalue weighted by molar-refractivity contribution is 5.90. The number of hydrogen-bond acceptors (Lipinski definition) is 6. The number of carbonyl (C=O) groups excluding carboxylic acids is 3.